The topological polar surface area (TPSA) is 49.6 Å². The molecule has 100 valence electrons. The van der Waals surface area contributed by atoms with Gasteiger partial charge in [0, 0.05) is 40.9 Å². The Labute approximate surface area is 120 Å². The second-order valence-corrected chi connectivity index (χ2v) is 6.65. The summed E-state index contributed by atoms with van der Waals surface area (Å²) in [5.74, 6) is 0. The molecular weight excluding hydrogens is 314 g/mol. The summed E-state index contributed by atoms with van der Waals surface area (Å²) in [6, 6.07) is 2.50. The van der Waals surface area contributed by atoms with E-state index in [1.54, 1.807) is 11.3 Å². The van der Waals surface area contributed by atoms with Gasteiger partial charge < -0.3 is 15.5 Å². The van der Waals surface area contributed by atoms with Gasteiger partial charge in [-0.15, -0.1) is 11.3 Å². The Kier molecular flexibility index (Phi) is 4.29. The van der Waals surface area contributed by atoms with Gasteiger partial charge in [-0.1, -0.05) is 0 Å². The van der Waals surface area contributed by atoms with Crippen LogP contribution in [0.4, 0.5) is 4.79 Å². The van der Waals surface area contributed by atoms with Crippen molar-refractivity contribution in [2.75, 3.05) is 20.1 Å². The summed E-state index contributed by atoms with van der Waals surface area (Å²) >= 11 is 5.14. The smallest absolute Gasteiger partial charge is 0.320 e. The Morgan fingerprint density at radius 2 is 2.39 bits per heavy atom. The molecule has 4 nitrogen and oxygen atoms in total. The molecule has 0 spiro atoms. The van der Waals surface area contributed by atoms with E-state index in [9.17, 15) is 4.79 Å². The van der Waals surface area contributed by atoms with Crippen LogP contribution in [0.15, 0.2) is 15.9 Å². The average molecular weight is 332 g/mol. The molecule has 2 amide bonds. The first-order chi connectivity index (χ1) is 8.49. The van der Waals surface area contributed by atoms with Crippen molar-refractivity contribution in [3.63, 3.8) is 0 Å². The molecule has 2 rings (SSSR count). The molecule has 0 aromatic carbocycles. The van der Waals surface area contributed by atoms with E-state index >= 15 is 0 Å². The maximum Gasteiger partial charge on any atom is 0.320 e. The van der Waals surface area contributed by atoms with Crippen molar-refractivity contribution in [2.45, 2.75) is 25.4 Å². The minimum Gasteiger partial charge on any atom is -0.328 e. The maximum atomic E-state index is 12.1. The third-order valence-corrected chi connectivity index (χ3v) is 5.00. The van der Waals surface area contributed by atoms with Crippen molar-refractivity contribution in [1.29, 1.82) is 0 Å². The first-order valence-corrected chi connectivity index (χ1v) is 7.67. The lowest BCUT2D eigenvalue weighted by molar-refractivity contribution is 0.195. The quantitative estimate of drug-likeness (QED) is 0.922. The van der Waals surface area contributed by atoms with Crippen molar-refractivity contribution >= 4 is 33.3 Å². The summed E-state index contributed by atoms with van der Waals surface area (Å²) in [7, 11) is 1.87. The highest BCUT2D eigenvalue weighted by molar-refractivity contribution is 9.10. The van der Waals surface area contributed by atoms with E-state index in [4.69, 9.17) is 5.73 Å². The van der Waals surface area contributed by atoms with Gasteiger partial charge in [-0.25, -0.2) is 4.79 Å². The van der Waals surface area contributed by atoms with Gasteiger partial charge in [0.05, 0.1) is 6.04 Å². The third kappa shape index (κ3) is 2.87. The van der Waals surface area contributed by atoms with Crippen LogP contribution in [-0.2, 0) is 0 Å². The van der Waals surface area contributed by atoms with Crippen LogP contribution in [0.5, 0.6) is 0 Å². The molecule has 1 aliphatic rings. The fourth-order valence-corrected chi connectivity index (χ4v) is 3.68. The molecule has 0 saturated carbocycles. The molecule has 2 unspecified atom stereocenters. The zero-order valence-electron chi connectivity index (χ0n) is 10.6. The normalized spacial score (nSPS) is 21.8. The van der Waals surface area contributed by atoms with E-state index < -0.39 is 0 Å². The summed E-state index contributed by atoms with van der Waals surface area (Å²) in [5, 5.41) is 2.05. The van der Waals surface area contributed by atoms with Gasteiger partial charge >= 0.3 is 6.03 Å². The first-order valence-electron chi connectivity index (χ1n) is 6.00. The largest absolute Gasteiger partial charge is 0.328 e. The van der Waals surface area contributed by atoms with Crippen molar-refractivity contribution in [2.24, 2.45) is 5.73 Å². The molecule has 1 saturated heterocycles. The fourth-order valence-electron chi connectivity index (χ4n) is 2.10. The highest BCUT2D eigenvalue weighted by Gasteiger charge is 2.35. The number of urea groups is 1. The Balaban J connectivity index is 2.05. The van der Waals surface area contributed by atoms with E-state index in [1.165, 1.54) is 4.88 Å². The number of thiophene rings is 1. The summed E-state index contributed by atoms with van der Waals surface area (Å²) in [4.78, 5) is 17.0. The molecular formula is C12H18BrN3OS. The van der Waals surface area contributed by atoms with Gasteiger partial charge in [0.1, 0.15) is 0 Å². The molecule has 1 fully saturated rings. The molecule has 1 aromatic heterocycles. The zero-order valence-corrected chi connectivity index (χ0v) is 13.0. The summed E-state index contributed by atoms with van der Waals surface area (Å²) in [6.07, 6.45) is 0.848. The Bertz CT molecular complexity index is 435. The van der Waals surface area contributed by atoms with E-state index in [-0.39, 0.29) is 18.1 Å². The predicted molar refractivity (Wildman–Crippen MR) is 77.8 cm³/mol. The van der Waals surface area contributed by atoms with Crippen LogP contribution < -0.4 is 5.73 Å². The monoisotopic (exact) mass is 331 g/mol. The second-order valence-electron chi connectivity index (χ2n) is 4.79. The molecule has 0 radical (unpaired) electrons. The Morgan fingerprint density at radius 3 is 2.94 bits per heavy atom. The van der Waals surface area contributed by atoms with Crippen molar-refractivity contribution in [1.82, 2.24) is 9.80 Å². The van der Waals surface area contributed by atoms with E-state index in [1.807, 2.05) is 23.8 Å². The first kappa shape index (κ1) is 13.8. The third-order valence-electron chi connectivity index (χ3n) is 3.20. The number of hydrogen-bond acceptors (Lipinski definition) is 3. The molecule has 1 aromatic rings. The lowest BCUT2D eigenvalue weighted by atomic mass is 10.2. The van der Waals surface area contributed by atoms with Crippen molar-refractivity contribution in [3.05, 3.63) is 20.8 Å². The van der Waals surface area contributed by atoms with Gasteiger partial charge in [-0.3, -0.25) is 0 Å². The zero-order chi connectivity index (χ0) is 13.3. The maximum absolute atomic E-state index is 12.1. The molecule has 2 heterocycles. The number of hydrogen-bond donors (Lipinski definition) is 1. The Hall–Kier alpha value is -0.590. The fraction of sp³-hybridized carbons (Fsp3) is 0.583. The number of likely N-dealkylation sites (N-methyl/N-ethyl adjacent to an activating group) is 1. The number of nitrogens with two attached hydrogens (primary N) is 1. The van der Waals surface area contributed by atoms with E-state index in [0.29, 0.717) is 0 Å². The average Bonchev–Trinajstić information content (AvgIpc) is 2.84. The van der Waals surface area contributed by atoms with Crippen LogP contribution in [0.1, 0.15) is 24.3 Å². The van der Waals surface area contributed by atoms with Gasteiger partial charge in [-0.2, -0.15) is 0 Å². The highest BCUT2D eigenvalue weighted by atomic mass is 79.9. The number of rotatable bonds is 4. The lowest BCUT2D eigenvalue weighted by Crippen LogP contribution is -2.32. The Morgan fingerprint density at radius 1 is 1.67 bits per heavy atom. The van der Waals surface area contributed by atoms with E-state index in [0.717, 1.165) is 24.0 Å². The van der Waals surface area contributed by atoms with Gasteiger partial charge in [0.25, 0.3) is 0 Å². The molecule has 2 atom stereocenters. The van der Waals surface area contributed by atoms with E-state index in [2.05, 4.69) is 27.4 Å². The minimum atomic E-state index is 0.102. The van der Waals surface area contributed by atoms with Crippen molar-refractivity contribution in [3.8, 4) is 0 Å². The molecule has 1 aliphatic heterocycles. The number of amides is 2. The summed E-state index contributed by atoms with van der Waals surface area (Å²) < 4.78 is 1.08. The number of halogens is 1. The number of carbonyl (C=O) groups is 1. The molecule has 0 aliphatic carbocycles. The second kappa shape index (κ2) is 5.59. The van der Waals surface area contributed by atoms with Crippen molar-refractivity contribution < 1.29 is 4.79 Å². The molecule has 18 heavy (non-hydrogen) atoms. The minimum absolute atomic E-state index is 0.102. The summed E-state index contributed by atoms with van der Waals surface area (Å²) in [6.45, 7) is 3.47. The molecule has 2 N–H and O–H groups in total. The molecule has 6 heteroatoms. The van der Waals surface area contributed by atoms with Crippen LogP contribution in [0.25, 0.3) is 0 Å². The van der Waals surface area contributed by atoms with Crippen LogP contribution in [0.2, 0.25) is 0 Å². The van der Waals surface area contributed by atoms with Gasteiger partial charge in [0.15, 0.2) is 0 Å². The van der Waals surface area contributed by atoms with Crippen LogP contribution >= 0.6 is 27.3 Å². The number of nitrogens with zero attached hydrogens (tertiary/aromatic N) is 2. The van der Waals surface area contributed by atoms with Crippen LogP contribution in [0.3, 0.4) is 0 Å². The standard InChI is InChI=1S/C12H18BrN3OS/c1-8(14)3-4-16-6-10(15(2)12(16)17)11-5-9(13)7-18-11/h5,7-8,10H,3-4,6,14H2,1-2H3. The SMILES string of the molecule is CC(N)CCN1CC(c2cc(Br)cs2)N(C)C1=O. The molecule has 0 bridgehead atoms. The van der Waals surface area contributed by atoms with Crippen LogP contribution in [-0.4, -0.2) is 42.0 Å². The van der Waals surface area contributed by atoms with Gasteiger partial charge in [-0.05, 0) is 35.3 Å². The summed E-state index contributed by atoms with van der Waals surface area (Å²) in [5.41, 5.74) is 5.74. The number of carbonyl (C=O) groups excluding carboxylic acids is 1. The lowest BCUT2D eigenvalue weighted by Gasteiger charge is -2.16. The van der Waals surface area contributed by atoms with Gasteiger partial charge in [0.2, 0.25) is 0 Å². The predicted octanol–water partition coefficient (Wildman–Crippen LogP) is 2.66. The highest BCUT2D eigenvalue weighted by Crippen LogP contribution is 2.33. The van der Waals surface area contributed by atoms with Crippen LogP contribution in [0, 0.1) is 0 Å².